The van der Waals surface area contributed by atoms with Gasteiger partial charge in [-0.1, -0.05) is 35.3 Å². The van der Waals surface area contributed by atoms with Crippen molar-refractivity contribution in [2.24, 2.45) is 7.05 Å². The van der Waals surface area contributed by atoms with Crippen molar-refractivity contribution < 1.29 is 5.11 Å². The van der Waals surface area contributed by atoms with E-state index in [0.29, 0.717) is 15.7 Å². The van der Waals surface area contributed by atoms with E-state index in [4.69, 9.17) is 23.2 Å². The molecule has 0 bridgehead atoms. The Morgan fingerprint density at radius 1 is 1.24 bits per heavy atom. The van der Waals surface area contributed by atoms with Crippen molar-refractivity contribution in [2.45, 2.75) is 13.0 Å². The highest BCUT2D eigenvalue weighted by Gasteiger charge is 2.20. The molecule has 1 unspecified atom stereocenters. The van der Waals surface area contributed by atoms with Gasteiger partial charge in [-0.05, 0) is 24.6 Å². The number of aryl methyl sites for hydroxylation is 2. The van der Waals surface area contributed by atoms with E-state index in [9.17, 15) is 5.11 Å². The summed E-state index contributed by atoms with van der Waals surface area (Å²) in [5.74, 6) is 0. The Morgan fingerprint density at radius 2 is 1.82 bits per heavy atom. The second-order valence-electron chi connectivity index (χ2n) is 3.87. The molecule has 0 aliphatic carbocycles. The van der Waals surface area contributed by atoms with Gasteiger partial charge in [0.15, 0.2) is 0 Å². The minimum absolute atomic E-state index is 0.449. The lowest BCUT2D eigenvalue weighted by molar-refractivity contribution is 0.219. The van der Waals surface area contributed by atoms with Gasteiger partial charge >= 0.3 is 0 Å². The zero-order chi connectivity index (χ0) is 12.6. The van der Waals surface area contributed by atoms with E-state index in [2.05, 4.69) is 5.10 Å². The van der Waals surface area contributed by atoms with Crippen LogP contribution in [-0.2, 0) is 7.05 Å². The molecule has 5 heteroatoms. The average molecular weight is 271 g/mol. The molecule has 0 amide bonds. The van der Waals surface area contributed by atoms with Crippen LogP contribution in [0.3, 0.4) is 0 Å². The molecule has 1 aromatic carbocycles. The van der Waals surface area contributed by atoms with Crippen LogP contribution < -0.4 is 0 Å². The van der Waals surface area contributed by atoms with Crippen LogP contribution in [0.15, 0.2) is 24.3 Å². The van der Waals surface area contributed by atoms with Crippen LogP contribution in [0.2, 0.25) is 10.2 Å². The maximum atomic E-state index is 10.3. The number of rotatable bonds is 2. The molecule has 0 fully saturated rings. The zero-order valence-corrected chi connectivity index (χ0v) is 11.0. The molecule has 1 heterocycles. The summed E-state index contributed by atoms with van der Waals surface area (Å²) in [4.78, 5) is 0. The monoisotopic (exact) mass is 270 g/mol. The molecular weight excluding hydrogens is 259 g/mol. The second-order valence-corrected chi connectivity index (χ2v) is 4.66. The molecule has 0 aliphatic rings. The molecule has 1 atom stereocenters. The van der Waals surface area contributed by atoms with Gasteiger partial charge in [0.1, 0.15) is 11.3 Å². The van der Waals surface area contributed by atoms with Crippen LogP contribution in [-0.4, -0.2) is 14.9 Å². The summed E-state index contributed by atoms with van der Waals surface area (Å²) in [6, 6.07) is 7.02. The molecule has 17 heavy (non-hydrogen) atoms. The van der Waals surface area contributed by atoms with Crippen LogP contribution in [0.5, 0.6) is 0 Å². The predicted octanol–water partition coefficient (Wildman–Crippen LogP) is 3.12. The minimum Gasteiger partial charge on any atom is -0.383 e. The number of aliphatic hydroxyl groups excluding tert-OH is 1. The first-order chi connectivity index (χ1) is 8.00. The van der Waals surface area contributed by atoms with Crippen LogP contribution in [0.1, 0.15) is 22.9 Å². The highest BCUT2D eigenvalue weighted by atomic mass is 35.5. The molecule has 0 radical (unpaired) electrons. The van der Waals surface area contributed by atoms with Crippen molar-refractivity contribution in [1.29, 1.82) is 0 Å². The van der Waals surface area contributed by atoms with Crippen LogP contribution in [0, 0.1) is 6.92 Å². The highest BCUT2D eigenvalue weighted by Crippen LogP contribution is 2.30. The van der Waals surface area contributed by atoms with Gasteiger partial charge in [0.2, 0.25) is 0 Å². The Kier molecular flexibility index (Phi) is 3.43. The fourth-order valence-corrected chi connectivity index (χ4v) is 2.17. The number of hydrogen-bond acceptors (Lipinski definition) is 2. The van der Waals surface area contributed by atoms with Crippen LogP contribution in [0.4, 0.5) is 0 Å². The van der Waals surface area contributed by atoms with E-state index in [0.717, 1.165) is 11.3 Å². The van der Waals surface area contributed by atoms with Crippen molar-refractivity contribution in [1.82, 2.24) is 9.78 Å². The molecule has 2 rings (SSSR count). The molecule has 3 nitrogen and oxygen atoms in total. The fraction of sp³-hybridized carbons (Fsp3) is 0.250. The third-order valence-electron chi connectivity index (χ3n) is 2.66. The summed E-state index contributed by atoms with van der Waals surface area (Å²) in [5, 5.41) is 15.5. The zero-order valence-electron chi connectivity index (χ0n) is 9.48. The second kappa shape index (κ2) is 4.69. The smallest absolute Gasteiger partial charge is 0.133 e. The fourth-order valence-electron chi connectivity index (χ4n) is 1.77. The Labute approximate surface area is 110 Å². The Balaban J connectivity index is 2.43. The molecule has 1 N–H and O–H groups in total. The topological polar surface area (TPSA) is 38.0 Å². The van der Waals surface area contributed by atoms with Gasteiger partial charge in [0.25, 0.3) is 0 Å². The van der Waals surface area contributed by atoms with Crippen molar-refractivity contribution >= 4 is 23.2 Å². The van der Waals surface area contributed by atoms with Gasteiger partial charge < -0.3 is 5.11 Å². The van der Waals surface area contributed by atoms with Gasteiger partial charge in [-0.15, -0.1) is 0 Å². The standard InChI is InChI=1S/C12H12Cl2N2O/c1-7-10(12(14)16(2)15-7)11(17)8-3-5-9(13)6-4-8/h3-6,11,17H,1-2H3. The number of benzene rings is 1. The van der Waals surface area contributed by atoms with Crippen molar-refractivity contribution in [2.75, 3.05) is 0 Å². The van der Waals surface area contributed by atoms with E-state index in [1.54, 1.807) is 36.0 Å². The first-order valence-corrected chi connectivity index (χ1v) is 5.89. The van der Waals surface area contributed by atoms with Crippen molar-refractivity contribution in [3.63, 3.8) is 0 Å². The van der Waals surface area contributed by atoms with Crippen LogP contribution in [0.25, 0.3) is 0 Å². The SMILES string of the molecule is Cc1nn(C)c(Cl)c1C(O)c1ccc(Cl)cc1. The van der Waals surface area contributed by atoms with Crippen molar-refractivity contribution in [3.8, 4) is 0 Å². The Hall–Kier alpha value is -1.03. The summed E-state index contributed by atoms with van der Waals surface area (Å²) in [5.41, 5.74) is 2.10. The predicted molar refractivity (Wildman–Crippen MR) is 68.5 cm³/mol. The highest BCUT2D eigenvalue weighted by molar-refractivity contribution is 6.30. The third-order valence-corrected chi connectivity index (χ3v) is 3.36. The first-order valence-electron chi connectivity index (χ1n) is 5.13. The third kappa shape index (κ3) is 2.32. The van der Waals surface area contributed by atoms with Crippen LogP contribution >= 0.6 is 23.2 Å². The Morgan fingerprint density at radius 3 is 2.29 bits per heavy atom. The van der Waals surface area contributed by atoms with E-state index in [1.807, 2.05) is 6.92 Å². The maximum Gasteiger partial charge on any atom is 0.133 e. The average Bonchev–Trinajstić information content (AvgIpc) is 2.53. The van der Waals surface area contributed by atoms with E-state index in [1.165, 1.54) is 0 Å². The Bertz CT molecular complexity index is 534. The molecular formula is C12H12Cl2N2O. The number of halogens is 2. The molecule has 2 aromatic rings. The summed E-state index contributed by atoms with van der Waals surface area (Å²) >= 11 is 11.9. The van der Waals surface area contributed by atoms with Gasteiger partial charge in [-0.3, -0.25) is 4.68 Å². The molecule has 0 saturated heterocycles. The number of aromatic nitrogens is 2. The summed E-state index contributed by atoms with van der Waals surface area (Å²) in [6.07, 6.45) is -0.784. The molecule has 0 saturated carbocycles. The molecule has 1 aromatic heterocycles. The van der Waals surface area contributed by atoms with Crippen molar-refractivity contribution in [3.05, 3.63) is 51.3 Å². The number of aliphatic hydroxyl groups is 1. The van der Waals surface area contributed by atoms with E-state index < -0.39 is 6.10 Å². The lowest BCUT2D eigenvalue weighted by Crippen LogP contribution is -2.01. The van der Waals surface area contributed by atoms with Gasteiger partial charge in [-0.25, -0.2) is 0 Å². The molecule has 0 spiro atoms. The normalized spacial score (nSPS) is 12.8. The number of nitrogens with zero attached hydrogens (tertiary/aromatic N) is 2. The van der Waals surface area contributed by atoms with E-state index >= 15 is 0 Å². The quantitative estimate of drug-likeness (QED) is 0.911. The molecule has 0 aliphatic heterocycles. The first kappa shape index (κ1) is 12.4. The van der Waals surface area contributed by atoms with Gasteiger partial charge in [0, 0.05) is 17.6 Å². The largest absolute Gasteiger partial charge is 0.383 e. The number of hydrogen-bond donors (Lipinski definition) is 1. The lowest BCUT2D eigenvalue weighted by atomic mass is 10.0. The molecule has 90 valence electrons. The van der Waals surface area contributed by atoms with Gasteiger partial charge in [0.05, 0.1) is 5.69 Å². The summed E-state index contributed by atoms with van der Waals surface area (Å²) in [6.45, 7) is 1.82. The van der Waals surface area contributed by atoms with E-state index in [-0.39, 0.29) is 0 Å². The minimum atomic E-state index is -0.784. The summed E-state index contributed by atoms with van der Waals surface area (Å²) in [7, 11) is 1.74. The maximum absolute atomic E-state index is 10.3. The summed E-state index contributed by atoms with van der Waals surface area (Å²) < 4.78 is 1.55. The van der Waals surface area contributed by atoms with Gasteiger partial charge in [-0.2, -0.15) is 5.10 Å². The lowest BCUT2D eigenvalue weighted by Gasteiger charge is -2.11.